The van der Waals surface area contributed by atoms with Gasteiger partial charge in [-0.1, -0.05) is 24.3 Å². The van der Waals surface area contributed by atoms with Crippen LogP contribution in [0.1, 0.15) is 12.5 Å². The van der Waals surface area contributed by atoms with Crippen LogP contribution in [0.2, 0.25) is 0 Å². The number of nitrogens with one attached hydrogen (secondary N) is 2. The van der Waals surface area contributed by atoms with Gasteiger partial charge in [0.1, 0.15) is 11.6 Å². The molecule has 0 unspecified atom stereocenters. The summed E-state index contributed by atoms with van der Waals surface area (Å²) in [5, 5.41) is 5.12. The first kappa shape index (κ1) is 18.3. The van der Waals surface area contributed by atoms with Crippen LogP contribution in [0.3, 0.4) is 0 Å². The lowest BCUT2D eigenvalue weighted by Gasteiger charge is -2.10. The zero-order valence-corrected chi connectivity index (χ0v) is 13.8. The molecular formula is C18H19FN2O4. The quantitative estimate of drug-likeness (QED) is 0.808. The molecule has 0 atom stereocenters. The predicted octanol–water partition coefficient (Wildman–Crippen LogP) is 3.09. The Kier molecular flexibility index (Phi) is 6.76. The van der Waals surface area contributed by atoms with Gasteiger partial charge in [-0.15, -0.1) is 0 Å². The van der Waals surface area contributed by atoms with Crippen molar-refractivity contribution in [3.05, 3.63) is 59.9 Å². The number of benzene rings is 2. The molecule has 6 nitrogen and oxygen atoms in total. The highest BCUT2D eigenvalue weighted by Gasteiger charge is 2.07. The van der Waals surface area contributed by atoms with Crippen molar-refractivity contribution in [3.63, 3.8) is 0 Å². The fourth-order valence-electron chi connectivity index (χ4n) is 1.98. The summed E-state index contributed by atoms with van der Waals surface area (Å²) >= 11 is 0. The van der Waals surface area contributed by atoms with E-state index in [1.807, 2.05) is 0 Å². The summed E-state index contributed by atoms with van der Waals surface area (Å²) in [6, 6.07) is 12.8. The van der Waals surface area contributed by atoms with E-state index in [2.05, 4.69) is 10.6 Å². The van der Waals surface area contributed by atoms with Gasteiger partial charge in [-0.25, -0.2) is 9.18 Å². The molecule has 7 heteroatoms. The first-order valence-corrected chi connectivity index (χ1v) is 7.75. The molecule has 0 fully saturated rings. The summed E-state index contributed by atoms with van der Waals surface area (Å²) in [6.45, 7) is 1.83. The lowest BCUT2D eigenvalue weighted by atomic mass is 10.2. The lowest BCUT2D eigenvalue weighted by molar-refractivity contribution is -0.123. The summed E-state index contributed by atoms with van der Waals surface area (Å²) in [6.07, 6.45) is -0.567. The van der Waals surface area contributed by atoms with Crippen molar-refractivity contribution in [1.29, 1.82) is 0 Å². The average molecular weight is 346 g/mol. The average Bonchev–Trinajstić information content (AvgIpc) is 2.60. The maximum Gasteiger partial charge on any atom is 0.411 e. The van der Waals surface area contributed by atoms with Crippen molar-refractivity contribution >= 4 is 17.7 Å². The predicted molar refractivity (Wildman–Crippen MR) is 90.8 cm³/mol. The van der Waals surface area contributed by atoms with E-state index in [0.29, 0.717) is 17.0 Å². The van der Waals surface area contributed by atoms with E-state index in [9.17, 15) is 14.0 Å². The highest BCUT2D eigenvalue weighted by Crippen LogP contribution is 2.17. The van der Waals surface area contributed by atoms with Crippen molar-refractivity contribution in [3.8, 4) is 5.75 Å². The number of halogens is 1. The third kappa shape index (κ3) is 6.14. The summed E-state index contributed by atoms with van der Waals surface area (Å²) in [4.78, 5) is 23.2. The van der Waals surface area contributed by atoms with Gasteiger partial charge < -0.3 is 14.8 Å². The largest absolute Gasteiger partial charge is 0.484 e. The van der Waals surface area contributed by atoms with E-state index in [1.165, 1.54) is 6.07 Å². The van der Waals surface area contributed by atoms with E-state index in [-0.39, 0.29) is 31.5 Å². The molecule has 2 amide bonds. The number of hydrogen-bond donors (Lipinski definition) is 2. The van der Waals surface area contributed by atoms with Crippen LogP contribution in [-0.4, -0.2) is 25.2 Å². The first-order valence-electron chi connectivity index (χ1n) is 7.75. The minimum absolute atomic E-state index is 0.0827. The van der Waals surface area contributed by atoms with Gasteiger partial charge in [0, 0.05) is 23.9 Å². The third-order valence-electron chi connectivity index (χ3n) is 3.16. The second-order valence-corrected chi connectivity index (χ2v) is 5.03. The molecule has 0 radical (unpaired) electrons. The molecule has 0 bridgehead atoms. The molecule has 2 N–H and O–H groups in total. The summed E-state index contributed by atoms with van der Waals surface area (Å²) in [7, 11) is 0. The normalized spacial score (nSPS) is 10.0. The van der Waals surface area contributed by atoms with Gasteiger partial charge in [0.25, 0.3) is 5.91 Å². The standard InChI is InChI=1S/C18H19FN2O4/c1-2-24-18(23)21-14-7-5-8-15(10-14)25-12-17(22)20-11-13-6-3-4-9-16(13)19/h3-10H,2,11-12H2,1H3,(H,20,22)(H,21,23). The summed E-state index contributed by atoms with van der Waals surface area (Å²) in [5.41, 5.74) is 0.888. The number of rotatable bonds is 7. The molecule has 0 spiro atoms. The molecule has 0 saturated heterocycles. The van der Waals surface area contributed by atoms with Crippen molar-refractivity contribution in [2.45, 2.75) is 13.5 Å². The van der Waals surface area contributed by atoms with E-state index >= 15 is 0 Å². The Labute approximate surface area is 144 Å². The molecule has 2 aromatic rings. The molecule has 0 saturated carbocycles. The van der Waals surface area contributed by atoms with E-state index in [4.69, 9.17) is 9.47 Å². The van der Waals surface area contributed by atoms with Gasteiger partial charge in [-0.2, -0.15) is 0 Å². The Balaban J connectivity index is 1.81. The van der Waals surface area contributed by atoms with Gasteiger partial charge in [0.15, 0.2) is 6.61 Å². The zero-order valence-electron chi connectivity index (χ0n) is 13.8. The molecule has 0 aliphatic rings. The first-order chi connectivity index (χ1) is 12.1. The molecule has 0 aliphatic heterocycles. The lowest BCUT2D eigenvalue weighted by Crippen LogP contribution is -2.28. The Morgan fingerprint density at radius 3 is 2.68 bits per heavy atom. The van der Waals surface area contributed by atoms with Crippen LogP contribution < -0.4 is 15.4 Å². The van der Waals surface area contributed by atoms with Gasteiger partial charge in [0.2, 0.25) is 0 Å². The molecule has 0 heterocycles. The Bertz CT molecular complexity index is 737. The highest BCUT2D eigenvalue weighted by atomic mass is 19.1. The fraction of sp³-hybridized carbons (Fsp3) is 0.222. The molecule has 2 aromatic carbocycles. The van der Waals surface area contributed by atoms with Gasteiger partial charge >= 0.3 is 6.09 Å². The zero-order chi connectivity index (χ0) is 18.1. The van der Waals surface area contributed by atoms with Crippen LogP contribution in [0.5, 0.6) is 5.75 Å². The van der Waals surface area contributed by atoms with Crippen LogP contribution in [0.25, 0.3) is 0 Å². The highest BCUT2D eigenvalue weighted by molar-refractivity contribution is 5.84. The Hall–Kier alpha value is -3.09. The monoisotopic (exact) mass is 346 g/mol. The summed E-state index contributed by atoms with van der Waals surface area (Å²) < 4.78 is 23.6. The number of amides is 2. The van der Waals surface area contributed by atoms with Gasteiger partial charge in [-0.3, -0.25) is 10.1 Å². The Morgan fingerprint density at radius 1 is 1.12 bits per heavy atom. The van der Waals surface area contributed by atoms with E-state index in [1.54, 1.807) is 49.4 Å². The topological polar surface area (TPSA) is 76.7 Å². The maximum atomic E-state index is 13.5. The van der Waals surface area contributed by atoms with Crippen molar-refractivity contribution < 1.29 is 23.5 Å². The Morgan fingerprint density at radius 2 is 1.92 bits per heavy atom. The van der Waals surface area contributed by atoms with Crippen LogP contribution in [-0.2, 0) is 16.1 Å². The molecule has 2 rings (SSSR count). The van der Waals surface area contributed by atoms with Gasteiger partial charge in [0.05, 0.1) is 6.61 Å². The van der Waals surface area contributed by atoms with E-state index in [0.717, 1.165) is 0 Å². The number of hydrogen-bond acceptors (Lipinski definition) is 4. The summed E-state index contributed by atoms with van der Waals surface area (Å²) in [5.74, 6) is -0.344. The maximum absolute atomic E-state index is 13.5. The van der Waals surface area contributed by atoms with Crippen LogP contribution in [0.4, 0.5) is 14.9 Å². The van der Waals surface area contributed by atoms with Crippen LogP contribution >= 0.6 is 0 Å². The second kappa shape index (κ2) is 9.27. The number of ether oxygens (including phenoxy) is 2. The third-order valence-corrected chi connectivity index (χ3v) is 3.16. The second-order valence-electron chi connectivity index (χ2n) is 5.03. The molecule has 0 aromatic heterocycles. The minimum Gasteiger partial charge on any atom is -0.484 e. The SMILES string of the molecule is CCOC(=O)Nc1cccc(OCC(=O)NCc2ccccc2F)c1. The fourth-order valence-corrected chi connectivity index (χ4v) is 1.98. The molecule has 132 valence electrons. The number of anilines is 1. The van der Waals surface area contributed by atoms with E-state index < -0.39 is 6.09 Å². The van der Waals surface area contributed by atoms with Crippen molar-refractivity contribution in [1.82, 2.24) is 5.32 Å². The molecular weight excluding hydrogens is 327 g/mol. The van der Waals surface area contributed by atoms with Gasteiger partial charge in [-0.05, 0) is 25.1 Å². The van der Waals surface area contributed by atoms with Crippen LogP contribution in [0.15, 0.2) is 48.5 Å². The van der Waals surface area contributed by atoms with Crippen molar-refractivity contribution in [2.75, 3.05) is 18.5 Å². The minimum atomic E-state index is -0.567. The smallest absolute Gasteiger partial charge is 0.411 e. The van der Waals surface area contributed by atoms with Crippen LogP contribution in [0, 0.1) is 5.82 Å². The molecule has 25 heavy (non-hydrogen) atoms. The number of carbonyl (C=O) groups is 2. The number of carbonyl (C=O) groups excluding carboxylic acids is 2. The van der Waals surface area contributed by atoms with Crippen molar-refractivity contribution in [2.24, 2.45) is 0 Å². The molecule has 0 aliphatic carbocycles.